The van der Waals surface area contributed by atoms with Gasteiger partial charge in [0, 0.05) is 5.54 Å². The Labute approximate surface area is 73.6 Å². The van der Waals surface area contributed by atoms with Crippen LogP contribution in [0.3, 0.4) is 0 Å². The second-order valence-corrected chi connectivity index (χ2v) is 4.12. The van der Waals surface area contributed by atoms with E-state index in [-0.39, 0.29) is 5.54 Å². The van der Waals surface area contributed by atoms with Gasteiger partial charge in [-0.05, 0) is 36.7 Å². The first-order valence-electron chi connectivity index (χ1n) is 3.32. The van der Waals surface area contributed by atoms with Gasteiger partial charge in [-0.3, -0.25) is 0 Å². The molecule has 0 saturated carbocycles. The molecule has 0 aliphatic heterocycles. The average molecular weight is 221 g/mol. The summed E-state index contributed by atoms with van der Waals surface area (Å²) in [4.78, 5) is 3.53. The van der Waals surface area contributed by atoms with E-state index in [4.69, 9.17) is 0 Å². The van der Waals surface area contributed by atoms with Crippen LogP contribution in [0.4, 0.5) is 4.39 Å². The van der Waals surface area contributed by atoms with E-state index in [2.05, 4.69) is 20.9 Å². The smallest absolute Gasteiger partial charge is 0.245 e. The van der Waals surface area contributed by atoms with Crippen molar-refractivity contribution in [1.82, 2.24) is 9.55 Å². The predicted molar refractivity (Wildman–Crippen MR) is 44.9 cm³/mol. The molecular weight excluding hydrogens is 211 g/mol. The van der Waals surface area contributed by atoms with E-state index in [1.165, 1.54) is 6.33 Å². The molecule has 1 aromatic rings. The summed E-state index contributed by atoms with van der Waals surface area (Å²) in [6, 6.07) is 0. The largest absolute Gasteiger partial charge is 0.317 e. The third-order valence-corrected chi connectivity index (χ3v) is 2.10. The zero-order valence-electron chi connectivity index (χ0n) is 6.73. The Hall–Kier alpha value is -0.380. The van der Waals surface area contributed by atoms with Crippen LogP contribution >= 0.6 is 15.9 Å². The maximum Gasteiger partial charge on any atom is 0.245 e. The molecule has 11 heavy (non-hydrogen) atoms. The number of nitrogens with zero attached hydrogens (tertiary/aromatic N) is 2. The number of halogens is 2. The van der Waals surface area contributed by atoms with Crippen LogP contribution in [-0.4, -0.2) is 9.55 Å². The Morgan fingerprint density at radius 1 is 1.55 bits per heavy atom. The third kappa shape index (κ3) is 1.61. The minimum atomic E-state index is -0.458. The summed E-state index contributed by atoms with van der Waals surface area (Å²) < 4.78 is 14.8. The molecule has 2 nitrogen and oxygen atoms in total. The van der Waals surface area contributed by atoms with E-state index in [9.17, 15) is 4.39 Å². The molecule has 62 valence electrons. The lowest BCUT2D eigenvalue weighted by Gasteiger charge is -2.21. The molecule has 0 fully saturated rings. The Bertz CT molecular complexity index is 262. The summed E-state index contributed by atoms with van der Waals surface area (Å²) in [5, 5.41) is 0. The molecule has 0 radical (unpaired) electrons. The van der Waals surface area contributed by atoms with Crippen LogP contribution in [-0.2, 0) is 5.54 Å². The van der Waals surface area contributed by atoms with Crippen LogP contribution in [0.25, 0.3) is 0 Å². The zero-order valence-corrected chi connectivity index (χ0v) is 8.31. The maximum absolute atomic E-state index is 12.7. The molecular formula is C7H10BrFN2. The van der Waals surface area contributed by atoms with E-state index in [1.54, 1.807) is 4.57 Å². The second-order valence-electron chi connectivity index (χ2n) is 3.37. The van der Waals surface area contributed by atoms with Gasteiger partial charge in [-0.1, -0.05) is 0 Å². The van der Waals surface area contributed by atoms with Gasteiger partial charge < -0.3 is 4.57 Å². The lowest BCUT2D eigenvalue weighted by molar-refractivity contribution is 0.386. The Morgan fingerprint density at radius 2 is 2.09 bits per heavy atom. The van der Waals surface area contributed by atoms with Crippen LogP contribution < -0.4 is 0 Å². The summed E-state index contributed by atoms with van der Waals surface area (Å²) in [6.45, 7) is 5.96. The van der Waals surface area contributed by atoms with Gasteiger partial charge in [0.25, 0.3) is 0 Å². The molecule has 0 atom stereocenters. The average Bonchev–Trinajstić information content (AvgIpc) is 2.11. The monoisotopic (exact) mass is 220 g/mol. The number of rotatable bonds is 0. The predicted octanol–water partition coefficient (Wildman–Crippen LogP) is 2.54. The summed E-state index contributed by atoms with van der Waals surface area (Å²) in [6.07, 6.45) is 1.49. The SMILES string of the molecule is CC(C)(C)n1cnc(F)c1Br. The summed E-state index contributed by atoms with van der Waals surface area (Å²) >= 11 is 3.11. The molecule has 0 aliphatic rings. The van der Waals surface area contributed by atoms with Crippen molar-refractivity contribution in [2.45, 2.75) is 26.3 Å². The van der Waals surface area contributed by atoms with Crippen molar-refractivity contribution in [3.63, 3.8) is 0 Å². The van der Waals surface area contributed by atoms with E-state index < -0.39 is 5.95 Å². The lowest BCUT2D eigenvalue weighted by Crippen LogP contribution is -2.20. The second kappa shape index (κ2) is 2.59. The van der Waals surface area contributed by atoms with Crippen molar-refractivity contribution in [2.75, 3.05) is 0 Å². The van der Waals surface area contributed by atoms with Crippen molar-refractivity contribution in [2.24, 2.45) is 0 Å². The molecule has 0 aliphatic carbocycles. The van der Waals surface area contributed by atoms with Crippen molar-refractivity contribution in [3.05, 3.63) is 16.9 Å². The number of aromatic nitrogens is 2. The molecule has 1 heterocycles. The van der Waals surface area contributed by atoms with Gasteiger partial charge in [0.05, 0.1) is 6.33 Å². The summed E-state index contributed by atoms with van der Waals surface area (Å²) in [5.41, 5.74) is -0.129. The zero-order chi connectivity index (χ0) is 8.65. The highest BCUT2D eigenvalue weighted by Crippen LogP contribution is 2.22. The number of imidazole rings is 1. The highest BCUT2D eigenvalue weighted by Gasteiger charge is 2.18. The topological polar surface area (TPSA) is 17.8 Å². The van der Waals surface area contributed by atoms with Crippen LogP contribution in [0.2, 0.25) is 0 Å². The van der Waals surface area contributed by atoms with Gasteiger partial charge >= 0.3 is 0 Å². The first-order chi connectivity index (χ1) is 4.93. The van der Waals surface area contributed by atoms with Crippen molar-refractivity contribution < 1.29 is 4.39 Å². The molecule has 0 saturated heterocycles. The summed E-state index contributed by atoms with van der Waals surface area (Å²) in [5.74, 6) is -0.458. The first kappa shape index (κ1) is 8.71. The van der Waals surface area contributed by atoms with Crippen molar-refractivity contribution in [3.8, 4) is 0 Å². The van der Waals surface area contributed by atoms with Gasteiger partial charge in [-0.2, -0.15) is 4.39 Å². The molecule has 0 spiro atoms. The van der Waals surface area contributed by atoms with Crippen molar-refractivity contribution in [1.29, 1.82) is 0 Å². The van der Waals surface area contributed by atoms with Gasteiger partial charge in [0.1, 0.15) is 4.60 Å². The fraction of sp³-hybridized carbons (Fsp3) is 0.571. The molecule has 1 rings (SSSR count). The highest BCUT2D eigenvalue weighted by atomic mass is 79.9. The van der Waals surface area contributed by atoms with Gasteiger partial charge in [0.15, 0.2) is 0 Å². The van der Waals surface area contributed by atoms with Crippen LogP contribution in [0.5, 0.6) is 0 Å². The van der Waals surface area contributed by atoms with Crippen LogP contribution in [0.15, 0.2) is 10.9 Å². The van der Waals surface area contributed by atoms with E-state index in [0.717, 1.165) is 0 Å². The Kier molecular flexibility index (Phi) is 2.05. The Morgan fingerprint density at radius 3 is 2.27 bits per heavy atom. The quantitative estimate of drug-likeness (QED) is 0.658. The fourth-order valence-corrected chi connectivity index (χ4v) is 1.51. The van der Waals surface area contributed by atoms with Gasteiger partial charge in [-0.15, -0.1) is 0 Å². The standard InChI is InChI=1S/C7H10BrFN2/c1-7(2,3)11-4-10-6(9)5(11)8/h4H,1-3H3. The molecule has 0 amide bonds. The minimum absolute atomic E-state index is 0.129. The molecule has 0 bridgehead atoms. The lowest BCUT2D eigenvalue weighted by atomic mass is 10.1. The molecule has 0 unspecified atom stereocenters. The Balaban J connectivity index is 3.15. The number of hydrogen-bond donors (Lipinski definition) is 0. The molecule has 0 aromatic carbocycles. The normalized spacial score (nSPS) is 12.1. The third-order valence-electron chi connectivity index (χ3n) is 1.39. The molecule has 4 heteroatoms. The van der Waals surface area contributed by atoms with Crippen molar-refractivity contribution >= 4 is 15.9 Å². The van der Waals surface area contributed by atoms with E-state index in [0.29, 0.717) is 4.60 Å². The van der Waals surface area contributed by atoms with Crippen LogP contribution in [0, 0.1) is 5.95 Å². The maximum atomic E-state index is 12.7. The summed E-state index contributed by atoms with van der Waals surface area (Å²) in [7, 11) is 0. The number of hydrogen-bond acceptors (Lipinski definition) is 1. The highest BCUT2D eigenvalue weighted by molar-refractivity contribution is 9.10. The minimum Gasteiger partial charge on any atom is -0.317 e. The van der Waals surface area contributed by atoms with E-state index >= 15 is 0 Å². The molecule has 1 aromatic heterocycles. The van der Waals surface area contributed by atoms with E-state index in [1.807, 2.05) is 20.8 Å². The molecule has 0 N–H and O–H groups in total. The van der Waals surface area contributed by atoms with Gasteiger partial charge in [-0.25, -0.2) is 4.98 Å². The first-order valence-corrected chi connectivity index (χ1v) is 4.11. The fourth-order valence-electron chi connectivity index (χ4n) is 0.779. The van der Waals surface area contributed by atoms with Gasteiger partial charge in [0.2, 0.25) is 5.95 Å². The van der Waals surface area contributed by atoms with Crippen LogP contribution in [0.1, 0.15) is 20.8 Å².